The van der Waals surface area contributed by atoms with Gasteiger partial charge in [0.1, 0.15) is 0 Å². The Hall–Kier alpha value is 0.506. The quantitative estimate of drug-likeness (QED) is 0.403. The van der Waals surface area contributed by atoms with Crippen LogP contribution in [0.2, 0.25) is 0 Å². The van der Waals surface area contributed by atoms with Gasteiger partial charge in [0.25, 0.3) is 0 Å². The van der Waals surface area contributed by atoms with Crippen molar-refractivity contribution in [2.45, 2.75) is 6.92 Å². The van der Waals surface area contributed by atoms with Crippen molar-refractivity contribution in [3.63, 3.8) is 0 Å². The third kappa shape index (κ3) is 12.5. The molecule has 0 N–H and O–H groups in total. The second kappa shape index (κ2) is 8.82. The molecule has 0 rings (SSSR count). The third-order valence-electron chi connectivity index (χ3n) is 0.236. The highest BCUT2D eigenvalue weighted by atomic mass is 24.3. The van der Waals surface area contributed by atoms with E-state index in [4.69, 9.17) is 0 Å². The zero-order valence-electron chi connectivity index (χ0n) is 2.86. The molecule has 0 atom stereocenters. The monoisotopic (exact) mass is 81.1 g/mol. The maximum atomic E-state index is 3.42. The normalized spacial score (nSPS) is 5.00. The minimum atomic E-state index is 0. The molecule has 0 aliphatic carbocycles. The molecule has 0 fully saturated rings. The van der Waals surface area contributed by atoms with Gasteiger partial charge < -0.3 is 0 Å². The van der Waals surface area contributed by atoms with Gasteiger partial charge in [-0.15, -0.1) is 6.58 Å². The first-order valence-corrected chi connectivity index (χ1v) is 1.32. The number of rotatable bonds is 1. The Bertz CT molecular complexity index is 17.6. The molecule has 0 aliphatic heterocycles. The van der Waals surface area contributed by atoms with Crippen LogP contribution in [-0.4, -0.2) is 23.1 Å². The predicted octanol–water partition coefficient (Wildman–Crippen LogP) is 0.480. The molecule has 1 radical (unpaired) electrons. The molecule has 0 aromatic heterocycles. The Kier molecular flexibility index (Phi) is 16.0. The van der Waals surface area contributed by atoms with E-state index in [-0.39, 0.29) is 23.1 Å². The smallest absolute Gasteiger partial charge is 0.103 e. The first-order chi connectivity index (χ1) is 1.91. The van der Waals surface area contributed by atoms with Gasteiger partial charge in [0, 0.05) is 0 Å². The van der Waals surface area contributed by atoms with Crippen molar-refractivity contribution in [1.82, 2.24) is 0 Å². The van der Waals surface area contributed by atoms with E-state index in [0.717, 1.165) is 0 Å². The van der Waals surface area contributed by atoms with Gasteiger partial charge in [0.2, 0.25) is 0 Å². The Balaban J connectivity index is 0. The highest BCUT2D eigenvalue weighted by Gasteiger charge is 1.46. The molecule has 5 heavy (non-hydrogen) atoms. The lowest BCUT2D eigenvalue weighted by Gasteiger charge is -1.56. The van der Waals surface area contributed by atoms with Crippen LogP contribution in [0, 0.1) is 6.42 Å². The maximum absolute atomic E-state index is 3.42. The lowest BCUT2D eigenvalue weighted by atomic mass is 10.5. The van der Waals surface area contributed by atoms with Crippen LogP contribution < -0.4 is 0 Å². The molecule has 0 aliphatic rings. The molecule has 0 aromatic rings. The van der Waals surface area contributed by atoms with Crippen LogP contribution in [0.25, 0.3) is 0 Å². The van der Waals surface area contributed by atoms with E-state index in [0.29, 0.717) is 0 Å². The fourth-order valence-electron chi connectivity index (χ4n) is 0. The first-order valence-electron chi connectivity index (χ1n) is 1.32. The molecule has 0 nitrogen and oxygen atoms in total. The average Bonchev–Trinajstić information content (AvgIpc) is 1.37. The van der Waals surface area contributed by atoms with Gasteiger partial charge in [0.15, 0.2) is 0 Å². The van der Waals surface area contributed by atoms with Crippen LogP contribution in [0.3, 0.4) is 0 Å². The van der Waals surface area contributed by atoms with E-state index in [1.807, 2.05) is 13.3 Å². The summed E-state index contributed by atoms with van der Waals surface area (Å²) >= 11 is 0. The van der Waals surface area contributed by atoms with Crippen LogP contribution >= 0.6 is 0 Å². The van der Waals surface area contributed by atoms with E-state index < -0.39 is 0 Å². The Morgan fingerprint density at radius 3 is 1.80 bits per heavy atom. The molecule has 27 valence electrons. The van der Waals surface area contributed by atoms with Gasteiger partial charge >= 0.3 is 23.1 Å². The molecule has 0 spiro atoms. The third-order valence-corrected chi connectivity index (χ3v) is 0.236. The molecule has 1 heteroatoms. The fraction of sp³-hybridized carbons (Fsp3) is 0.250. The van der Waals surface area contributed by atoms with Crippen molar-refractivity contribution in [2.75, 3.05) is 0 Å². The van der Waals surface area contributed by atoms with Crippen LogP contribution in [0.4, 0.5) is 0 Å². The van der Waals surface area contributed by atoms with Crippen LogP contribution in [-0.2, 0) is 0 Å². The van der Waals surface area contributed by atoms with E-state index in [9.17, 15) is 0 Å². The molecule has 0 amide bonds. The highest BCUT2D eigenvalue weighted by Crippen LogP contribution is 1.63. The van der Waals surface area contributed by atoms with Crippen LogP contribution in [0.15, 0.2) is 12.7 Å². The standard InChI is InChI=1S/C4H7.Mg.2H/c1-3-4-2;;;/h3-4H,1H2,2H3;;;. The summed E-state index contributed by atoms with van der Waals surface area (Å²) < 4.78 is 0. The lowest BCUT2D eigenvalue weighted by molar-refractivity contribution is 1.57. The van der Waals surface area contributed by atoms with E-state index in [1.54, 1.807) is 6.08 Å². The Labute approximate surface area is 49.4 Å². The number of hydrogen-bond acceptors (Lipinski definition) is 0. The van der Waals surface area contributed by atoms with Gasteiger partial charge in [-0.3, -0.25) is 0 Å². The van der Waals surface area contributed by atoms with Gasteiger partial charge in [-0.2, -0.15) is 0 Å². The van der Waals surface area contributed by atoms with Crippen molar-refractivity contribution < 1.29 is 0 Å². The first kappa shape index (κ1) is 9.09. The predicted molar refractivity (Wildman–Crippen MR) is 28.7 cm³/mol. The molecule has 0 saturated heterocycles. The summed E-state index contributed by atoms with van der Waals surface area (Å²) in [5.41, 5.74) is 0. The molecule has 0 bridgehead atoms. The van der Waals surface area contributed by atoms with Crippen molar-refractivity contribution in [2.24, 2.45) is 0 Å². The minimum Gasteiger partial charge on any atom is -0.103 e. The lowest BCUT2D eigenvalue weighted by Crippen LogP contribution is -1.39. The molecule has 0 heterocycles. The van der Waals surface area contributed by atoms with Crippen molar-refractivity contribution in [3.8, 4) is 0 Å². The molecule has 0 aromatic carbocycles. The Morgan fingerprint density at radius 2 is 1.80 bits per heavy atom. The average molecular weight is 81.4 g/mol. The second-order valence-electron chi connectivity index (χ2n) is 0.569. The van der Waals surface area contributed by atoms with E-state index in [2.05, 4.69) is 6.58 Å². The van der Waals surface area contributed by atoms with E-state index in [1.165, 1.54) is 0 Å². The summed E-state index contributed by atoms with van der Waals surface area (Å²) in [6.45, 7) is 5.36. The summed E-state index contributed by atoms with van der Waals surface area (Å²) in [5.74, 6) is 0. The highest BCUT2D eigenvalue weighted by molar-refractivity contribution is 5.75. The molecule has 0 saturated carbocycles. The van der Waals surface area contributed by atoms with Crippen LogP contribution in [0.5, 0.6) is 0 Å². The summed E-state index contributed by atoms with van der Waals surface area (Å²) in [4.78, 5) is 0. The van der Waals surface area contributed by atoms with Crippen molar-refractivity contribution in [1.29, 1.82) is 0 Å². The maximum Gasteiger partial charge on any atom is 0.316 e. The zero-order chi connectivity index (χ0) is 3.41. The van der Waals surface area contributed by atoms with Gasteiger partial charge in [-0.25, -0.2) is 0 Å². The largest absolute Gasteiger partial charge is 0.316 e. The van der Waals surface area contributed by atoms with Crippen molar-refractivity contribution >= 4 is 23.1 Å². The summed E-state index contributed by atoms with van der Waals surface area (Å²) in [7, 11) is 0. The number of hydrogen-bond donors (Lipinski definition) is 0. The second-order valence-corrected chi connectivity index (χ2v) is 0.569. The molecular weight excluding hydrogens is 72.3 g/mol. The van der Waals surface area contributed by atoms with Gasteiger partial charge in [0.05, 0.1) is 0 Å². The van der Waals surface area contributed by atoms with E-state index >= 15 is 0 Å². The topological polar surface area (TPSA) is 0 Å². The van der Waals surface area contributed by atoms with Crippen LogP contribution in [0.1, 0.15) is 6.92 Å². The van der Waals surface area contributed by atoms with Crippen molar-refractivity contribution in [3.05, 3.63) is 19.1 Å². The summed E-state index contributed by atoms with van der Waals surface area (Å²) in [6, 6.07) is 0. The Morgan fingerprint density at radius 1 is 1.60 bits per heavy atom. The zero-order valence-corrected chi connectivity index (χ0v) is 2.86. The molecule has 0 unspecified atom stereocenters. The van der Waals surface area contributed by atoms with Gasteiger partial charge in [-0.1, -0.05) is 13.0 Å². The number of allylic oxidation sites excluding steroid dienone is 1. The fourth-order valence-corrected chi connectivity index (χ4v) is 0. The SMILES string of the molecule is C=C[CH]C.[MgH2]. The van der Waals surface area contributed by atoms with Gasteiger partial charge in [-0.05, 0) is 6.42 Å². The summed E-state index contributed by atoms with van der Waals surface area (Å²) in [6.07, 6.45) is 3.64. The summed E-state index contributed by atoms with van der Waals surface area (Å²) in [5, 5.41) is 0. The molecular formula is C4H9Mg. The minimum absolute atomic E-state index is 0.